The molecule has 0 aromatic carbocycles. The topological polar surface area (TPSA) is 18.5 Å². The Bertz CT molecular complexity index is 121. The highest BCUT2D eigenvalue weighted by molar-refractivity contribution is 4.63. The van der Waals surface area contributed by atoms with Crippen LogP contribution in [0.15, 0.2) is 25.7 Å². The largest absolute Gasteiger partial charge is 0.498 e. The number of unbranched alkanes of at least 4 members (excludes halogenated alkanes) is 1. The van der Waals surface area contributed by atoms with E-state index < -0.39 is 0 Å². The van der Waals surface area contributed by atoms with Gasteiger partial charge in [0.05, 0.1) is 12.5 Å². The number of hydrogen-bond donors (Lipinski definition) is 0. The van der Waals surface area contributed by atoms with Crippen LogP contribution in [0.5, 0.6) is 0 Å². The molecule has 0 amide bonds. The lowest BCUT2D eigenvalue weighted by Gasteiger charge is -2.14. The predicted octanol–water partition coefficient (Wildman–Crippen LogP) is 2.87. The third kappa shape index (κ3) is 5.83. The van der Waals surface area contributed by atoms with E-state index in [4.69, 9.17) is 9.47 Å². The highest BCUT2D eigenvalue weighted by Gasteiger charge is 2.06. The van der Waals surface area contributed by atoms with Crippen LogP contribution < -0.4 is 0 Å². The number of hydrogen-bond acceptors (Lipinski definition) is 2. The number of ether oxygens (including phenoxy) is 2. The van der Waals surface area contributed by atoms with Crippen molar-refractivity contribution in [3.63, 3.8) is 0 Å². The molecule has 0 rings (SSSR count). The molecule has 70 valence electrons. The first-order chi connectivity index (χ1) is 5.85. The molecule has 0 N–H and O–H groups in total. The standard InChI is InChI=1S/C10H18O2/c1-4-7-8-10(12-6-3)9-11-5-2/h5-6,10H,2-4,7-9H2,1H3. The fourth-order valence-electron chi connectivity index (χ4n) is 0.934. The Morgan fingerprint density at radius 2 is 2.08 bits per heavy atom. The summed E-state index contributed by atoms with van der Waals surface area (Å²) in [7, 11) is 0. The summed E-state index contributed by atoms with van der Waals surface area (Å²) in [5.74, 6) is 0. The van der Waals surface area contributed by atoms with Crippen LogP contribution in [0.25, 0.3) is 0 Å². The molecule has 0 fully saturated rings. The van der Waals surface area contributed by atoms with Gasteiger partial charge in [-0.2, -0.15) is 0 Å². The minimum atomic E-state index is 0.125. The molecule has 0 radical (unpaired) electrons. The zero-order valence-corrected chi connectivity index (χ0v) is 7.79. The third-order valence-electron chi connectivity index (χ3n) is 1.57. The van der Waals surface area contributed by atoms with Gasteiger partial charge < -0.3 is 9.47 Å². The highest BCUT2D eigenvalue weighted by Crippen LogP contribution is 2.05. The van der Waals surface area contributed by atoms with Gasteiger partial charge >= 0.3 is 0 Å². The van der Waals surface area contributed by atoms with Crippen molar-refractivity contribution in [1.82, 2.24) is 0 Å². The monoisotopic (exact) mass is 170 g/mol. The van der Waals surface area contributed by atoms with E-state index in [1.807, 2.05) is 0 Å². The molecule has 2 heteroatoms. The summed E-state index contributed by atoms with van der Waals surface area (Å²) in [5, 5.41) is 0. The van der Waals surface area contributed by atoms with Gasteiger partial charge in [0.1, 0.15) is 12.7 Å². The van der Waals surface area contributed by atoms with Crippen molar-refractivity contribution in [2.75, 3.05) is 6.61 Å². The van der Waals surface area contributed by atoms with Crippen molar-refractivity contribution < 1.29 is 9.47 Å². The molecule has 0 aliphatic heterocycles. The summed E-state index contributed by atoms with van der Waals surface area (Å²) in [6.07, 6.45) is 6.36. The van der Waals surface area contributed by atoms with Crippen LogP contribution in [0.3, 0.4) is 0 Å². The molecule has 2 nitrogen and oxygen atoms in total. The van der Waals surface area contributed by atoms with Gasteiger partial charge in [-0.25, -0.2) is 0 Å². The van der Waals surface area contributed by atoms with Crippen LogP contribution in [0.2, 0.25) is 0 Å². The van der Waals surface area contributed by atoms with Crippen molar-refractivity contribution in [1.29, 1.82) is 0 Å². The Hall–Kier alpha value is -0.920. The van der Waals surface area contributed by atoms with Gasteiger partial charge in [0.2, 0.25) is 0 Å². The first-order valence-corrected chi connectivity index (χ1v) is 4.34. The summed E-state index contributed by atoms with van der Waals surface area (Å²) in [4.78, 5) is 0. The molecular formula is C10H18O2. The van der Waals surface area contributed by atoms with Crippen LogP contribution >= 0.6 is 0 Å². The normalized spacial score (nSPS) is 11.8. The van der Waals surface area contributed by atoms with Crippen molar-refractivity contribution >= 4 is 0 Å². The van der Waals surface area contributed by atoms with Crippen molar-refractivity contribution in [3.05, 3.63) is 25.7 Å². The van der Waals surface area contributed by atoms with Crippen LogP contribution in [0.4, 0.5) is 0 Å². The van der Waals surface area contributed by atoms with Crippen LogP contribution in [0, 0.1) is 0 Å². The predicted molar refractivity (Wildman–Crippen MR) is 50.7 cm³/mol. The maximum atomic E-state index is 5.24. The molecule has 0 aromatic heterocycles. The molecule has 0 heterocycles. The molecule has 12 heavy (non-hydrogen) atoms. The van der Waals surface area contributed by atoms with E-state index in [-0.39, 0.29) is 6.10 Å². The average Bonchev–Trinajstić information content (AvgIpc) is 2.10. The quantitative estimate of drug-likeness (QED) is 0.521. The molecule has 0 saturated heterocycles. The Balaban J connectivity index is 3.52. The molecule has 0 saturated carbocycles. The second kappa shape index (κ2) is 8.18. The van der Waals surface area contributed by atoms with Gasteiger partial charge in [0.15, 0.2) is 0 Å². The van der Waals surface area contributed by atoms with E-state index in [9.17, 15) is 0 Å². The summed E-state index contributed by atoms with van der Waals surface area (Å²) < 4.78 is 10.3. The molecular weight excluding hydrogens is 152 g/mol. The van der Waals surface area contributed by atoms with Gasteiger partial charge in [0.25, 0.3) is 0 Å². The van der Waals surface area contributed by atoms with Gasteiger partial charge in [-0.15, -0.1) is 0 Å². The number of rotatable bonds is 8. The van der Waals surface area contributed by atoms with E-state index in [1.165, 1.54) is 18.9 Å². The molecule has 0 spiro atoms. The van der Waals surface area contributed by atoms with Gasteiger partial charge in [0, 0.05) is 0 Å². The first kappa shape index (κ1) is 11.1. The molecule has 1 unspecified atom stereocenters. The van der Waals surface area contributed by atoms with Crippen LogP contribution in [-0.2, 0) is 9.47 Å². The average molecular weight is 170 g/mol. The summed E-state index contributed by atoms with van der Waals surface area (Å²) in [6.45, 7) is 9.70. The lowest BCUT2D eigenvalue weighted by molar-refractivity contribution is 0.0618. The molecule has 0 bridgehead atoms. The van der Waals surface area contributed by atoms with Crippen LogP contribution in [-0.4, -0.2) is 12.7 Å². The zero-order chi connectivity index (χ0) is 9.23. The highest BCUT2D eigenvalue weighted by atomic mass is 16.5. The van der Waals surface area contributed by atoms with E-state index in [0.29, 0.717) is 6.61 Å². The Morgan fingerprint density at radius 3 is 2.58 bits per heavy atom. The van der Waals surface area contributed by atoms with E-state index in [2.05, 4.69) is 20.1 Å². The van der Waals surface area contributed by atoms with Crippen molar-refractivity contribution in [2.45, 2.75) is 32.3 Å². The minimum absolute atomic E-state index is 0.125. The lowest BCUT2D eigenvalue weighted by Crippen LogP contribution is -2.15. The first-order valence-electron chi connectivity index (χ1n) is 4.34. The van der Waals surface area contributed by atoms with E-state index in [1.54, 1.807) is 0 Å². The van der Waals surface area contributed by atoms with Crippen LogP contribution in [0.1, 0.15) is 26.2 Å². The Kier molecular flexibility index (Phi) is 7.55. The fourth-order valence-corrected chi connectivity index (χ4v) is 0.934. The Labute approximate surface area is 74.9 Å². The third-order valence-corrected chi connectivity index (χ3v) is 1.57. The molecule has 0 aromatic rings. The summed E-state index contributed by atoms with van der Waals surface area (Å²) >= 11 is 0. The second-order valence-electron chi connectivity index (χ2n) is 2.57. The maximum absolute atomic E-state index is 5.24. The van der Waals surface area contributed by atoms with Crippen molar-refractivity contribution in [3.8, 4) is 0 Å². The van der Waals surface area contributed by atoms with Crippen molar-refractivity contribution in [2.24, 2.45) is 0 Å². The lowest BCUT2D eigenvalue weighted by atomic mass is 10.2. The maximum Gasteiger partial charge on any atom is 0.132 e. The molecule has 0 aliphatic carbocycles. The van der Waals surface area contributed by atoms with E-state index in [0.717, 1.165) is 12.8 Å². The Morgan fingerprint density at radius 1 is 1.33 bits per heavy atom. The van der Waals surface area contributed by atoms with Gasteiger partial charge in [-0.1, -0.05) is 26.5 Å². The second-order valence-corrected chi connectivity index (χ2v) is 2.57. The van der Waals surface area contributed by atoms with Gasteiger partial charge in [-0.3, -0.25) is 0 Å². The summed E-state index contributed by atoms with van der Waals surface area (Å²) in [5.41, 5.74) is 0. The summed E-state index contributed by atoms with van der Waals surface area (Å²) in [6, 6.07) is 0. The smallest absolute Gasteiger partial charge is 0.132 e. The van der Waals surface area contributed by atoms with Gasteiger partial charge in [-0.05, 0) is 12.8 Å². The minimum Gasteiger partial charge on any atom is -0.498 e. The zero-order valence-electron chi connectivity index (χ0n) is 7.79. The molecule has 1 atom stereocenters. The fraction of sp³-hybridized carbons (Fsp3) is 0.600. The van der Waals surface area contributed by atoms with E-state index >= 15 is 0 Å². The molecule has 0 aliphatic rings. The SMILES string of the molecule is C=COCC(CCCC)OC=C.